The van der Waals surface area contributed by atoms with Crippen molar-refractivity contribution < 1.29 is 5.11 Å². The lowest BCUT2D eigenvalue weighted by molar-refractivity contribution is 0.281. The first kappa shape index (κ1) is 9.49. The molecule has 1 aromatic rings. The maximum Gasteiger partial charge on any atom is 0.142 e. The molecule has 0 aromatic carbocycles. The zero-order chi connectivity index (χ0) is 9.68. The first-order valence-electron chi connectivity index (χ1n) is 4.00. The summed E-state index contributed by atoms with van der Waals surface area (Å²) in [5, 5.41) is 20.4. The van der Waals surface area contributed by atoms with Crippen molar-refractivity contribution in [2.75, 3.05) is 11.9 Å². The van der Waals surface area contributed by atoms with Crippen molar-refractivity contribution in [2.45, 2.75) is 13.0 Å². The fourth-order valence-corrected chi connectivity index (χ4v) is 0.912. The Hall–Kier alpha value is -1.60. The number of pyridine rings is 1. The van der Waals surface area contributed by atoms with Crippen LogP contribution in [0.2, 0.25) is 0 Å². The molecule has 0 aliphatic heterocycles. The third kappa shape index (κ3) is 2.73. The van der Waals surface area contributed by atoms with Crippen molar-refractivity contribution >= 4 is 5.69 Å². The van der Waals surface area contributed by atoms with E-state index < -0.39 is 0 Å². The average Bonchev–Trinajstić information content (AvgIpc) is 2.18. The highest BCUT2D eigenvalue weighted by molar-refractivity contribution is 5.46. The van der Waals surface area contributed by atoms with Gasteiger partial charge < -0.3 is 10.4 Å². The normalized spacial score (nSPS) is 11.8. The summed E-state index contributed by atoms with van der Waals surface area (Å²) in [6, 6.07) is 5.33. The van der Waals surface area contributed by atoms with Crippen LogP contribution in [-0.4, -0.2) is 22.7 Å². The van der Waals surface area contributed by atoms with Crippen LogP contribution in [0.5, 0.6) is 0 Å². The Morgan fingerprint density at radius 3 is 3.15 bits per heavy atom. The van der Waals surface area contributed by atoms with Gasteiger partial charge in [-0.1, -0.05) is 0 Å². The molecule has 4 nitrogen and oxygen atoms in total. The number of hydrogen-bond acceptors (Lipinski definition) is 4. The van der Waals surface area contributed by atoms with Crippen LogP contribution in [0.25, 0.3) is 0 Å². The molecule has 4 heteroatoms. The smallest absolute Gasteiger partial charge is 0.142 e. The Bertz CT molecular complexity index is 319. The number of anilines is 1. The molecule has 1 atom stereocenters. The lowest BCUT2D eigenvalue weighted by Crippen LogP contribution is -2.19. The van der Waals surface area contributed by atoms with Crippen molar-refractivity contribution in [3.63, 3.8) is 0 Å². The minimum atomic E-state index is -0.0195. The molecule has 0 bridgehead atoms. The molecule has 1 heterocycles. The minimum Gasteiger partial charge on any atom is -0.394 e. The van der Waals surface area contributed by atoms with Gasteiger partial charge in [-0.25, -0.2) is 4.98 Å². The predicted molar refractivity (Wildman–Crippen MR) is 49.1 cm³/mol. The van der Waals surface area contributed by atoms with Crippen molar-refractivity contribution in [1.82, 2.24) is 4.98 Å². The van der Waals surface area contributed by atoms with E-state index in [0.29, 0.717) is 5.69 Å². The van der Waals surface area contributed by atoms with Crippen LogP contribution in [-0.2, 0) is 0 Å². The first-order chi connectivity index (χ1) is 6.26. The number of rotatable bonds is 3. The zero-order valence-electron chi connectivity index (χ0n) is 7.36. The number of hydrogen-bond donors (Lipinski definition) is 2. The van der Waals surface area contributed by atoms with Crippen molar-refractivity contribution in [1.29, 1.82) is 5.26 Å². The van der Waals surface area contributed by atoms with Gasteiger partial charge in [0.25, 0.3) is 0 Å². The molecule has 13 heavy (non-hydrogen) atoms. The van der Waals surface area contributed by atoms with Gasteiger partial charge in [-0.15, -0.1) is 0 Å². The Kier molecular flexibility index (Phi) is 3.23. The first-order valence-corrected chi connectivity index (χ1v) is 4.00. The van der Waals surface area contributed by atoms with Crippen LogP contribution in [0.15, 0.2) is 18.3 Å². The fraction of sp³-hybridized carbons (Fsp3) is 0.333. The van der Waals surface area contributed by atoms with Gasteiger partial charge >= 0.3 is 0 Å². The van der Waals surface area contributed by atoms with E-state index >= 15 is 0 Å². The van der Waals surface area contributed by atoms with E-state index in [9.17, 15) is 0 Å². The number of nitrogens with one attached hydrogen (secondary N) is 1. The topological polar surface area (TPSA) is 68.9 Å². The third-order valence-corrected chi connectivity index (χ3v) is 1.56. The second-order valence-electron chi connectivity index (χ2n) is 2.77. The molecular formula is C9H11N3O. The van der Waals surface area contributed by atoms with Gasteiger partial charge in [0, 0.05) is 17.9 Å². The summed E-state index contributed by atoms with van der Waals surface area (Å²) in [6.45, 7) is 1.91. The van der Waals surface area contributed by atoms with E-state index in [-0.39, 0.29) is 12.6 Å². The summed E-state index contributed by atoms with van der Waals surface area (Å²) < 4.78 is 0. The number of aromatic nitrogens is 1. The van der Waals surface area contributed by atoms with Crippen molar-refractivity contribution in [2.24, 2.45) is 0 Å². The van der Waals surface area contributed by atoms with Crippen molar-refractivity contribution in [3.05, 3.63) is 24.0 Å². The summed E-state index contributed by atoms with van der Waals surface area (Å²) in [4.78, 5) is 3.83. The van der Waals surface area contributed by atoms with Crippen LogP contribution in [0, 0.1) is 11.3 Å². The lowest BCUT2D eigenvalue weighted by Gasteiger charge is -2.11. The molecule has 0 aliphatic rings. The van der Waals surface area contributed by atoms with E-state index in [1.807, 2.05) is 13.0 Å². The Morgan fingerprint density at radius 2 is 2.54 bits per heavy atom. The monoisotopic (exact) mass is 177 g/mol. The molecular weight excluding hydrogens is 166 g/mol. The molecule has 0 saturated heterocycles. The molecule has 1 unspecified atom stereocenters. The lowest BCUT2D eigenvalue weighted by atomic mass is 10.3. The van der Waals surface area contributed by atoms with Gasteiger partial charge in [-0.3, -0.25) is 0 Å². The minimum absolute atomic E-state index is 0.0195. The maximum absolute atomic E-state index is 8.78. The zero-order valence-corrected chi connectivity index (χ0v) is 7.36. The van der Waals surface area contributed by atoms with Gasteiger partial charge in [0.15, 0.2) is 0 Å². The average molecular weight is 177 g/mol. The van der Waals surface area contributed by atoms with E-state index in [4.69, 9.17) is 10.4 Å². The second kappa shape index (κ2) is 4.43. The highest BCUT2D eigenvalue weighted by Crippen LogP contribution is 2.08. The van der Waals surface area contributed by atoms with Crippen LogP contribution in [0.4, 0.5) is 5.69 Å². The molecule has 0 aliphatic carbocycles. The van der Waals surface area contributed by atoms with Gasteiger partial charge in [0.2, 0.25) is 0 Å². The summed E-state index contributed by atoms with van der Waals surface area (Å²) in [6.07, 6.45) is 1.56. The molecule has 0 radical (unpaired) electrons. The van der Waals surface area contributed by atoms with Gasteiger partial charge in [0.05, 0.1) is 6.61 Å². The van der Waals surface area contributed by atoms with Gasteiger partial charge in [-0.05, 0) is 19.1 Å². The molecule has 68 valence electrons. The molecule has 1 rings (SSSR count). The van der Waals surface area contributed by atoms with Crippen LogP contribution in [0.1, 0.15) is 12.6 Å². The molecule has 0 fully saturated rings. The van der Waals surface area contributed by atoms with E-state index in [1.54, 1.807) is 18.3 Å². The molecule has 0 saturated carbocycles. The van der Waals surface area contributed by atoms with E-state index in [0.717, 1.165) is 5.69 Å². The third-order valence-electron chi connectivity index (χ3n) is 1.56. The molecule has 0 spiro atoms. The highest BCUT2D eigenvalue weighted by Gasteiger charge is 2.00. The predicted octanol–water partition coefficient (Wildman–Crippen LogP) is 0.746. The summed E-state index contributed by atoms with van der Waals surface area (Å²) in [5.74, 6) is 0. The summed E-state index contributed by atoms with van der Waals surface area (Å²) in [5.41, 5.74) is 1.17. The van der Waals surface area contributed by atoms with Crippen LogP contribution >= 0.6 is 0 Å². The molecule has 0 amide bonds. The number of nitrogens with zero attached hydrogens (tertiary/aromatic N) is 2. The Labute approximate surface area is 76.8 Å². The SMILES string of the molecule is CC(CO)Nc1ccnc(C#N)c1. The van der Waals surface area contributed by atoms with E-state index in [2.05, 4.69) is 10.3 Å². The maximum atomic E-state index is 8.78. The van der Waals surface area contributed by atoms with E-state index in [1.165, 1.54) is 0 Å². The number of nitriles is 1. The summed E-state index contributed by atoms with van der Waals surface area (Å²) >= 11 is 0. The molecule has 1 aromatic heterocycles. The summed E-state index contributed by atoms with van der Waals surface area (Å²) in [7, 11) is 0. The second-order valence-corrected chi connectivity index (χ2v) is 2.77. The number of aliphatic hydroxyl groups is 1. The highest BCUT2D eigenvalue weighted by atomic mass is 16.3. The largest absolute Gasteiger partial charge is 0.394 e. The van der Waals surface area contributed by atoms with Crippen LogP contribution < -0.4 is 5.32 Å². The Balaban J connectivity index is 2.73. The molecule has 2 N–H and O–H groups in total. The quantitative estimate of drug-likeness (QED) is 0.714. The van der Waals surface area contributed by atoms with Gasteiger partial charge in [-0.2, -0.15) is 5.26 Å². The number of aliphatic hydroxyl groups excluding tert-OH is 1. The fourth-order valence-electron chi connectivity index (χ4n) is 0.912. The van der Waals surface area contributed by atoms with Gasteiger partial charge in [0.1, 0.15) is 11.8 Å². The van der Waals surface area contributed by atoms with Crippen LogP contribution in [0.3, 0.4) is 0 Å². The standard InChI is InChI=1S/C9H11N3O/c1-7(6-13)12-8-2-3-11-9(4-8)5-10/h2-4,7,13H,6H2,1H3,(H,11,12). The van der Waals surface area contributed by atoms with Crippen molar-refractivity contribution in [3.8, 4) is 6.07 Å². The Morgan fingerprint density at radius 1 is 1.77 bits per heavy atom.